The van der Waals surface area contributed by atoms with Gasteiger partial charge in [0.05, 0.1) is 19.6 Å². The molecule has 1 heterocycles. The average molecular weight is 234 g/mol. The smallest absolute Gasteiger partial charge is 0.304 e. The first-order valence-electron chi connectivity index (χ1n) is 5.91. The van der Waals surface area contributed by atoms with Gasteiger partial charge < -0.3 is 9.84 Å². The molecule has 1 aromatic rings. The summed E-state index contributed by atoms with van der Waals surface area (Å²) in [6.45, 7) is 5.38. The Hall–Kier alpha value is -1.35. The van der Waals surface area contributed by atoms with Crippen molar-refractivity contribution in [3.05, 3.63) is 34.9 Å². The van der Waals surface area contributed by atoms with Gasteiger partial charge in [-0.05, 0) is 23.1 Å². The van der Waals surface area contributed by atoms with Gasteiger partial charge in [-0.3, -0.25) is 4.79 Å². The van der Waals surface area contributed by atoms with Crippen LogP contribution in [-0.2, 0) is 28.0 Å². The Labute approximate surface area is 101 Å². The van der Waals surface area contributed by atoms with Crippen LogP contribution in [0.15, 0.2) is 18.2 Å². The highest BCUT2D eigenvalue weighted by atomic mass is 16.5. The normalized spacial score (nSPS) is 15.4. The average Bonchev–Trinajstić information content (AvgIpc) is 2.26. The molecule has 1 aliphatic rings. The molecule has 0 atom stereocenters. The van der Waals surface area contributed by atoms with Crippen molar-refractivity contribution < 1.29 is 14.6 Å². The van der Waals surface area contributed by atoms with E-state index in [9.17, 15) is 4.79 Å². The van der Waals surface area contributed by atoms with E-state index in [2.05, 4.69) is 12.1 Å². The molecule has 0 aliphatic carbocycles. The van der Waals surface area contributed by atoms with Gasteiger partial charge in [0.2, 0.25) is 0 Å². The predicted molar refractivity (Wildman–Crippen MR) is 65.1 cm³/mol. The molecule has 0 amide bonds. The topological polar surface area (TPSA) is 46.5 Å². The lowest BCUT2D eigenvalue weighted by molar-refractivity contribution is -0.138. The SMILES string of the molecule is CC(C)(CC(=O)O)c1ccc2c(c1)CCOC2. The summed E-state index contributed by atoms with van der Waals surface area (Å²) in [6, 6.07) is 6.23. The molecule has 92 valence electrons. The van der Waals surface area contributed by atoms with Crippen molar-refractivity contribution >= 4 is 5.97 Å². The molecule has 0 spiro atoms. The number of carboxylic acid groups (broad SMARTS) is 1. The van der Waals surface area contributed by atoms with Crippen LogP contribution in [0.3, 0.4) is 0 Å². The number of hydrogen-bond acceptors (Lipinski definition) is 2. The Balaban J connectivity index is 2.30. The minimum Gasteiger partial charge on any atom is -0.481 e. The number of ether oxygens (including phenoxy) is 1. The molecule has 3 nitrogen and oxygen atoms in total. The van der Waals surface area contributed by atoms with Crippen LogP contribution in [0, 0.1) is 0 Å². The van der Waals surface area contributed by atoms with Gasteiger partial charge >= 0.3 is 5.97 Å². The number of hydrogen-bond donors (Lipinski definition) is 1. The largest absolute Gasteiger partial charge is 0.481 e. The molecule has 17 heavy (non-hydrogen) atoms. The zero-order valence-electron chi connectivity index (χ0n) is 10.3. The first kappa shape index (κ1) is 12.1. The fourth-order valence-corrected chi connectivity index (χ4v) is 2.26. The number of fused-ring (bicyclic) bond motifs is 1. The Morgan fingerprint density at radius 2 is 2.18 bits per heavy atom. The van der Waals surface area contributed by atoms with E-state index in [4.69, 9.17) is 9.84 Å². The van der Waals surface area contributed by atoms with E-state index in [1.54, 1.807) is 0 Å². The van der Waals surface area contributed by atoms with Crippen molar-refractivity contribution in [3.63, 3.8) is 0 Å². The highest BCUT2D eigenvalue weighted by Crippen LogP contribution is 2.30. The number of carbonyl (C=O) groups is 1. The van der Waals surface area contributed by atoms with Gasteiger partial charge in [-0.2, -0.15) is 0 Å². The van der Waals surface area contributed by atoms with Crippen LogP contribution in [0.25, 0.3) is 0 Å². The maximum Gasteiger partial charge on any atom is 0.304 e. The van der Waals surface area contributed by atoms with Gasteiger partial charge in [0.1, 0.15) is 0 Å². The first-order valence-corrected chi connectivity index (χ1v) is 5.91. The molecule has 1 N–H and O–H groups in total. The van der Waals surface area contributed by atoms with E-state index >= 15 is 0 Å². The van der Waals surface area contributed by atoms with Gasteiger partial charge in [0, 0.05) is 5.41 Å². The first-order chi connectivity index (χ1) is 7.99. The fourth-order valence-electron chi connectivity index (χ4n) is 2.26. The Bertz CT molecular complexity index is 435. The highest BCUT2D eigenvalue weighted by molar-refractivity contribution is 5.69. The summed E-state index contributed by atoms with van der Waals surface area (Å²) >= 11 is 0. The molecule has 1 aromatic carbocycles. The van der Waals surface area contributed by atoms with Crippen LogP contribution in [0.2, 0.25) is 0 Å². The summed E-state index contributed by atoms with van der Waals surface area (Å²) in [6.07, 6.45) is 1.08. The van der Waals surface area contributed by atoms with Crippen molar-refractivity contribution in [2.24, 2.45) is 0 Å². The summed E-state index contributed by atoms with van der Waals surface area (Å²) < 4.78 is 5.39. The van der Waals surface area contributed by atoms with Crippen molar-refractivity contribution in [1.82, 2.24) is 0 Å². The van der Waals surface area contributed by atoms with Crippen LogP contribution in [0.5, 0.6) is 0 Å². The minimum absolute atomic E-state index is 0.155. The van der Waals surface area contributed by atoms with E-state index < -0.39 is 5.97 Å². The number of benzene rings is 1. The van der Waals surface area contributed by atoms with Crippen LogP contribution in [-0.4, -0.2) is 17.7 Å². The van der Waals surface area contributed by atoms with Gasteiger partial charge in [0.25, 0.3) is 0 Å². The van der Waals surface area contributed by atoms with Gasteiger partial charge in [0.15, 0.2) is 0 Å². The highest BCUT2D eigenvalue weighted by Gasteiger charge is 2.25. The third-order valence-corrected chi connectivity index (χ3v) is 3.35. The summed E-state index contributed by atoms with van der Waals surface area (Å²) in [5.74, 6) is -0.754. The van der Waals surface area contributed by atoms with E-state index in [-0.39, 0.29) is 11.8 Å². The van der Waals surface area contributed by atoms with Crippen LogP contribution in [0.4, 0.5) is 0 Å². The van der Waals surface area contributed by atoms with E-state index in [1.807, 2.05) is 19.9 Å². The zero-order valence-corrected chi connectivity index (χ0v) is 10.3. The van der Waals surface area contributed by atoms with Crippen molar-refractivity contribution in [3.8, 4) is 0 Å². The lowest BCUT2D eigenvalue weighted by Gasteiger charge is -2.26. The molecule has 0 bridgehead atoms. The second kappa shape index (κ2) is 4.49. The summed E-state index contributed by atoms with van der Waals surface area (Å²) in [5.41, 5.74) is 3.30. The molecule has 2 rings (SSSR count). The van der Waals surface area contributed by atoms with E-state index in [1.165, 1.54) is 11.1 Å². The zero-order chi connectivity index (χ0) is 12.5. The maximum absolute atomic E-state index is 10.9. The molecule has 0 saturated heterocycles. The van der Waals surface area contributed by atoms with Gasteiger partial charge in [-0.25, -0.2) is 0 Å². The molecule has 3 heteroatoms. The van der Waals surface area contributed by atoms with Crippen LogP contribution in [0.1, 0.15) is 37.0 Å². The number of rotatable bonds is 3. The second-order valence-electron chi connectivity index (χ2n) is 5.24. The lowest BCUT2D eigenvalue weighted by Crippen LogP contribution is -2.22. The Morgan fingerprint density at radius 3 is 2.88 bits per heavy atom. The molecule has 1 aliphatic heterocycles. The summed E-state index contributed by atoms with van der Waals surface area (Å²) in [7, 11) is 0. The number of aliphatic carboxylic acids is 1. The molecule has 0 unspecified atom stereocenters. The van der Waals surface area contributed by atoms with Crippen molar-refractivity contribution in [2.45, 2.75) is 38.7 Å². The third-order valence-electron chi connectivity index (χ3n) is 3.35. The third kappa shape index (κ3) is 2.67. The van der Waals surface area contributed by atoms with Crippen LogP contribution >= 0.6 is 0 Å². The van der Waals surface area contributed by atoms with E-state index in [0.717, 1.165) is 18.6 Å². The number of carboxylic acids is 1. The van der Waals surface area contributed by atoms with Gasteiger partial charge in [-0.1, -0.05) is 32.0 Å². The summed E-state index contributed by atoms with van der Waals surface area (Å²) in [5, 5.41) is 8.93. The molecule has 0 saturated carbocycles. The summed E-state index contributed by atoms with van der Waals surface area (Å²) in [4.78, 5) is 10.9. The van der Waals surface area contributed by atoms with Crippen molar-refractivity contribution in [1.29, 1.82) is 0 Å². The predicted octanol–water partition coefficient (Wildman–Crippen LogP) is 2.51. The Morgan fingerprint density at radius 1 is 1.41 bits per heavy atom. The Kier molecular flexibility index (Phi) is 3.20. The second-order valence-corrected chi connectivity index (χ2v) is 5.24. The molecule has 0 fully saturated rings. The molecular formula is C14H18O3. The minimum atomic E-state index is -0.754. The quantitative estimate of drug-likeness (QED) is 0.874. The van der Waals surface area contributed by atoms with Gasteiger partial charge in [-0.15, -0.1) is 0 Å². The monoisotopic (exact) mass is 234 g/mol. The van der Waals surface area contributed by atoms with Crippen LogP contribution < -0.4 is 0 Å². The lowest BCUT2D eigenvalue weighted by atomic mass is 9.80. The maximum atomic E-state index is 10.9. The molecular weight excluding hydrogens is 216 g/mol. The van der Waals surface area contributed by atoms with Crippen molar-refractivity contribution in [2.75, 3.05) is 6.61 Å². The fraction of sp³-hybridized carbons (Fsp3) is 0.500. The molecule has 0 aromatic heterocycles. The van der Waals surface area contributed by atoms with E-state index in [0.29, 0.717) is 6.61 Å². The standard InChI is InChI=1S/C14H18O3/c1-14(2,8-13(15)16)12-4-3-11-9-17-6-5-10(11)7-12/h3-4,7H,5-6,8-9H2,1-2H3,(H,15,16). The molecule has 0 radical (unpaired) electrons.